The van der Waals surface area contributed by atoms with Gasteiger partial charge in [-0.25, -0.2) is 0 Å². The zero-order chi connectivity index (χ0) is 20.6. The Morgan fingerprint density at radius 3 is 2.48 bits per heavy atom. The molecule has 27 heavy (non-hydrogen) atoms. The maximum absolute atomic E-state index is 12.7. The Labute approximate surface area is 156 Å². The molecule has 0 fully saturated rings. The summed E-state index contributed by atoms with van der Waals surface area (Å²) in [5.41, 5.74) is -0.468. The molecule has 0 bridgehead atoms. The lowest BCUT2D eigenvalue weighted by Crippen LogP contribution is -2.31. The number of ether oxygens (including phenoxy) is 1. The van der Waals surface area contributed by atoms with Gasteiger partial charge in [0, 0.05) is 37.9 Å². The first-order chi connectivity index (χ1) is 12.2. The van der Waals surface area contributed by atoms with E-state index in [4.69, 9.17) is 4.74 Å². The summed E-state index contributed by atoms with van der Waals surface area (Å²) < 4.78 is 72.2. The monoisotopic (exact) mass is 406 g/mol. The van der Waals surface area contributed by atoms with E-state index in [1.807, 2.05) is 0 Å². The van der Waals surface area contributed by atoms with Crippen LogP contribution in [-0.4, -0.2) is 52.3 Å². The van der Waals surface area contributed by atoms with Crippen molar-refractivity contribution in [2.24, 2.45) is 4.40 Å². The van der Waals surface area contributed by atoms with E-state index >= 15 is 0 Å². The number of carbonyl (C=O) groups is 1. The number of nitrogens with zero attached hydrogens (tertiary/aromatic N) is 2. The minimum atomic E-state index is -4.96. The van der Waals surface area contributed by atoms with E-state index in [0.717, 1.165) is 6.34 Å². The van der Waals surface area contributed by atoms with E-state index in [0.29, 0.717) is 17.7 Å². The molecule has 0 radical (unpaired) electrons. The first kappa shape index (κ1) is 21.2. The minimum Gasteiger partial charge on any atom is -0.493 e. The highest BCUT2D eigenvalue weighted by Gasteiger charge is 2.43. The van der Waals surface area contributed by atoms with Crippen molar-refractivity contribution in [1.29, 1.82) is 0 Å². The number of benzene rings is 1. The van der Waals surface area contributed by atoms with Crippen LogP contribution in [0.15, 0.2) is 21.4 Å². The van der Waals surface area contributed by atoms with Crippen LogP contribution in [-0.2, 0) is 26.7 Å². The number of sulfonamides is 1. The largest absolute Gasteiger partial charge is 0.493 e. The molecular formula is C17H21F3N2O4S. The Hall–Kier alpha value is -2.10. The van der Waals surface area contributed by atoms with Gasteiger partial charge in [-0.1, -0.05) is 13.8 Å². The highest BCUT2D eigenvalue weighted by molar-refractivity contribution is 7.90. The molecule has 2 rings (SSSR count). The second-order valence-corrected chi connectivity index (χ2v) is 8.83. The summed E-state index contributed by atoms with van der Waals surface area (Å²) in [6, 6.07) is 2.66. The standard InChI is InChI=1S/C17H21F3N2O4S/c1-16(2,9-14(23)17(18,19)20)13-8-12(7-11-5-6-26-15(11)13)27(24,25)21-10-22(3)4/h7-8,10H,5-6,9H2,1-4H3. The molecule has 1 aliphatic rings. The van der Waals surface area contributed by atoms with E-state index in [1.54, 1.807) is 14.1 Å². The molecule has 1 heterocycles. The summed E-state index contributed by atoms with van der Waals surface area (Å²) in [4.78, 5) is 12.8. The van der Waals surface area contributed by atoms with E-state index in [9.17, 15) is 26.4 Å². The van der Waals surface area contributed by atoms with Crippen molar-refractivity contribution in [2.45, 2.75) is 43.2 Å². The van der Waals surface area contributed by atoms with Crippen molar-refractivity contribution in [3.05, 3.63) is 23.3 Å². The summed E-state index contributed by atoms with van der Waals surface area (Å²) >= 11 is 0. The maximum Gasteiger partial charge on any atom is 0.450 e. The van der Waals surface area contributed by atoms with Crippen LogP contribution in [0.25, 0.3) is 0 Å². The van der Waals surface area contributed by atoms with Crippen LogP contribution < -0.4 is 4.74 Å². The second kappa shape index (κ2) is 7.14. The highest BCUT2D eigenvalue weighted by Crippen LogP contribution is 2.42. The van der Waals surface area contributed by atoms with Gasteiger partial charge in [-0.2, -0.15) is 21.6 Å². The van der Waals surface area contributed by atoms with Crippen LogP contribution in [0.5, 0.6) is 5.75 Å². The van der Waals surface area contributed by atoms with Gasteiger partial charge in [0.25, 0.3) is 10.0 Å². The second-order valence-electron chi connectivity index (χ2n) is 7.20. The molecule has 0 saturated heterocycles. The molecule has 1 aromatic carbocycles. The van der Waals surface area contributed by atoms with Crippen molar-refractivity contribution in [3.8, 4) is 5.75 Å². The summed E-state index contributed by atoms with van der Waals surface area (Å²) in [6.45, 7) is 3.19. The number of hydrogen-bond donors (Lipinski definition) is 0. The van der Waals surface area contributed by atoms with Gasteiger partial charge in [0.05, 0.1) is 11.5 Å². The van der Waals surface area contributed by atoms with Gasteiger partial charge in [-0.15, -0.1) is 4.40 Å². The molecule has 0 unspecified atom stereocenters. The van der Waals surface area contributed by atoms with Gasteiger partial charge >= 0.3 is 6.18 Å². The molecule has 0 saturated carbocycles. The average molecular weight is 406 g/mol. The topological polar surface area (TPSA) is 76.0 Å². The van der Waals surface area contributed by atoms with Gasteiger partial charge in [0.15, 0.2) is 0 Å². The molecule has 150 valence electrons. The third-order valence-corrected chi connectivity index (χ3v) is 5.32. The Morgan fingerprint density at radius 1 is 1.30 bits per heavy atom. The summed E-state index contributed by atoms with van der Waals surface area (Å²) in [5, 5.41) is 0. The Balaban J connectivity index is 2.54. The van der Waals surface area contributed by atoms with E-state index in [1.165, 1.54) is 30.9 Å². The van der Waals surface area contributed by atoms with E-state index in [2.05, 4.69) is 4.40 Å². The Kier molecular flexibility index (Phi) is 5.61. The smallest absolute Gasteiger partial charge is 0.450 e. The number of Topliss-reactive ketones (excluding diaryl/α,β-unsaturated/α-hetero) is 1. The predicted molar refractivity (Wildman–Crippen MR) is 93.7 cm³/mol. The molecule has 0 amide bonds. The van der Waals surface area contributed by atoms with Crippen LogP contribution >= 0.6 is 0 Å². The summed E-state index contributed by atoms with van der Waals surface area (Å²) in [7, 11) is -0.843. The number of hydrogen-bond acceptors (Lipinski definition) is 4. The minimum absolute atomic E-state index is 0.146. The number of fused-ring (bicyclic) bond motifs is 1. The molecule has 0 aliphatic carbocycles. The highest BCUT2D eigenvalue weighted by atomic mass is 32.2. The van der Waals surface area contributed by atoms with Crippen molar-refractivity contribution >= 4 is 22.1 Å². The third-order valence-electron chi connectivity index (χ3n) is 4.12. The third kappa shape index (κ3) is 4.79. The lowest BCUT2D eigenvalue weighted by atomic mass is 9.79. The zero-order valence-corrected chi connectivity index (χ0v) is 16.2. The predicted octanol–water partition coefficient (Wildman–Crippen LogP) is 2.70. The van der Waals surface area contributed by atoms with Gasteiger partial charge < -0.3 is 9.64 Å². The van der Waals surface area contributed by atoms with Crippen molar-refractivity contribution in [3.63, 3.8) is 0 Å². The van der Waals surface area contributed by atoms with Gasteiger partial charge in [0.1, 0.15) is 12.1 Å². The summed E-state index contributed by atoms with van der Waals surface area (Å²) in [6.07, 6.45) is -4.23. The molecule has 0 spiro atoms. The SMILES string of the molecule is CN(C)C=NS(=O)(=O)c1cc2c(c(C(C)(C)CC(=O)C(F)(F)F)c1)OCC2. The number of rotatable bonds is 6. The first-order valence-electron chi connectivity index (χ1n) is 8.11. The number of halogens is 3. The molecule has 1 aliphatic heterocycles. The molecule has 0 atom stereocenters. The van der Waals surface area contributed by atoms with Crippen molar-refractivity contribution in [1.82, 2.24) is 4.90 Å². The lowest BCUT2D eigenvalue weighted by Gasteiger charge is -2.27. The van der Waals surface area contributed by atoms with Crippen molar-refractivity contribution < 1.29 is 31.1 Å². The lowest BCUT2D eigenvalue weighted by molar-refractivity contribution is -0.172. The van der Waals surface area contributed by atoms with Crippen LogP contribution in [0.2, 0.25) is 0 Å². The number of alkyl halides is 3. The number of carbonyl (C=O) groups excluding carboxylic acids is 1. The van der Waals surface area contributed by atoms with E-state index in [-0.39, 0.29) is 17.1 Å². The fraction of sp³-hybridized carbons (Fsp3) is 0.529. The fourth-order valence-electron chi connectivity index (χ4n) is 2.74. The average Bonchev–Trinajstić information content (AvgIpc) is 2.99. The molecule has 0 aromatic heterocycles. The van der Waals surface area contributed by atoms with E-state index < -0.39 is 33.8 Å². The molecule has 1 aromatic rings. The van der Waals surface area contributed by atoms with Crippen LogP contribution in [0.3, 0.4) is 0 Å². The van der Waals surface area contributed by atoms with Gasteiger partial charge in [-0.05, 0) is 17.7 Å². The molecule has 6 nitrogen and oxygen atoms in total. The van der Waals surface area contributed by atoms with Gasteiger partial charge in [0.2, 0.25) is 5.78 Å². The Morgan fingerprint density at radius 2 is 1.93 bits per heavy atom. The maximum atomic E-state index is 12.7. The van der Waals surface area contributed by atoms with Crippen LogP contribution in [0.4, 0.5) is 13.2 Å². The van der Waals surface area contributed by atoms with Crippen LogP contribution in [0, 0.1) is 0 Å². The molecule has 0 N–H and O–H groups in total. The Bertz CT molecular complexity index is 875. The molecular weight excluding hydrogens is 385 g/mol. The zero-order valence-electron chi connectivity index (χ0n) is 15.4. The normalized spacial score (nSPS) is 14.9. The fourth-order valence-corrected chi connectivity index (χ4v) is 3.74. The number of ketones is 1. The molecule has 10 heteroatoms. The summed E-state index contributed by atoms with van der Waals surface area (Å²) in [5.74, 6) is -1.54. The van der Waals surface area contributed by atoms with Gasteiger partial charge in [-0.3, -0.25) is 4.79 Å². The first-order valence-corrected chi connectivity index (χ1v) is 9.55. The van der Waals surface area contributed by atoms with Crippen LogP contribution in [0.1, 0.15) is 31.4 Å². The quantitative estimate of drug-likeness (QED) is 0.536. The van der Waals surface area contributed by atoms with Crippen molar-refractivity contribution in [2.75, 3.05) is 20.7 Å².